The average molecular weight is 376 g/mol. The summed E-state index contributed by atoms with van der Waals surface area (Å²) in [5, 5.41) is 7.67. The second kappa shape index (κ2) is 7.82. The van der Waals surface area contributed by atoms with Gasteiger partial charge in [-0.25, -0.2) is 9.67 Å². The monoisotopic (exact) mass is 376 g/mol. The second-order valence-electron chi connectivity index (χ2n) is 6.94. The van der Waals surface area contributed by atoms with Gasteiger partial charge in [-0.05, 0) is 25.2 Å². The van der Waals surface area contributed by atoms with Crippen LogP contribution >= 0.6 is 0 Å². The van der Waals surface area contributed by atoms with Crippen LogP contribution in [0.4, 0.5) is 5.82 Å². The highest BCUT2D eigenvalue weighted by atomic mass is 16.2. The molecule has 0 aliphatic carbocycles. The van der Waals surface area contributed by atoms with Gasteiger partial charge in [0.15, 0.2) is 5.69 Å². The minimum atomic E-state index is -0.0242. The SMILES string of the molecule is CNc1ccc(-n2nc(C(=O)N3CCN(C)CC3)cc2-c2ccccc2)cn1. The lowest BCUT2D eigenvalue weighted by atomic mass is 10.1. The van der Waals surface area contributed by atoms with Crippen molar-refractivity contribution < 1.29 is 4.79 Å². The van der Waals surface area contributed by atoms with Crippen LogP contribution in [0.2, 0.25) is 0 Å². The molecule has 1 aliphatic rings. The number of nitrogens with zero attached hydrogens (tertiary/aromatic N) is 5. The zero-order valence-electron chi connectivity index (χ0n) is 16.2. The van der Waals surface area contributed by atoms with E-state index in [-0.39, 0.29) is 5.91 Å². The van der Waals surface area contributed by atoms with Crippen molar-refractivity contribution in [2.75, 3.05) is 45.6 Å². The Morgan fingerprint density at radius 2 is 1.79 bits per heavy atom. The van der Waals surface area contributed by atoms with Gasteiger partial charge in [0.25, 0.3) is 5.91 Å². The van der Waals surface area contributed by atoms with Crippen molar-refractivity contribution in [2.24, 2.45) is 0 Å². The summed E-state index contributed by atoms with van der Waals surface area (Å²) in [6.07, 6.45) is 1.76. The van der Waals surface area contributed by atoms with Gasteiger partial charge in [0.1, 0.15) is 5.82 Å². The predicted octanol–water partition coefficient (Wildman–Crippen LogP) is 2.36. The Bertz CT molecular complexity index is 943. The van der Waals surface area contributed by atoms with Gasteiger partial charge in [0, 0.05) is 38.8 Å². The Hall–Kier alpha value is -3.19. The Labute approximate surface area is 164 Å². The van der Waals surface area contributed by atoms with E-state index in [1.807, 2.05) is 60.5 Å². The molecule has 0 radical (unpaired) electrons. The molecular formula is C21H24N6O. The number of anilines is 1. The molecule has 3 heterocycles. The summed E-state index contributed by atoms with van der Waals surface area (Å²) >= 11 is 0. The van der Waals surface area contributed by atoms with Gasteiger partial charge in [0.2, 0.25) is 0 Å². The highest BCUT2D eigenvalue weighted by Gasteiger charge is 2.24. The van der Waals surface area contributed by atoms with Gasteiger partial charge in [0.05, 0.1) is 17.6 Å². The molecule has 0 bridgehead atoms. The molecule has 1 N–H and O–H groups in total. The average Bonchev–Trinajstić information content (AvgIpc) is 3.20. The number of amides is 1. The van der Waals surface area contributed by atoms with Crippen LogP contribution in [0.25, 0.3) is 16.9 Å². The Balaban J connectivity index is 1.72. The molecule has 2 aromatic heterocycles. The van der Waals surface area contributed by atoms with Crippen molar-refractivity contribution in [1.29, 1.82) is 0 Å². The maximum Gasteiger partial charge on any atom is 0.274 e. The Morgan fingerprint density at radius 3 is 2.43 bits per heavy atom. The van der Waals surface area contributed by atoms with Gasteiger partial charge in [-0.15, -0.1) is 0 Å². The fourth-order valence-corrected chi connectivity index (χ4v) is 3.33. The lowest BCUT2D eigenvalue weighted by Crippen LogP contribution is -2.47. The zero-order chi connectivity index (χ0) is 19.5. The molecule has 7 nitrogen and oxygen atoms in total. The van der Waals surface area contributed by atoms with E-state index in [2.05, 4.69) is 27.3 Å². The number of nitrogens with one attached hydrogen (secondary N) is 1. The van der Waals surface area contributed by atoms with Crippen LogP contribution in [-0.2, 0) is 0 Å². The molecule has 3 aromatic rings. The number of likely N-dealkylation sites (N-methyl/N-ethyl adjacent to an activating group) is 1. The van der Waals surface area contributed by atoms with E-state index in [4.69, 9.17) is 0 Å². The van der Waals surface area contributed by atoms with Gasteiger partial charge in [-0.2, -0.15) is 5.10 Å². The largest absolute Gasteiger partial charge is 0.373 e. The minimum Gasteiger partial charge on any atom is -0.373 e. The zero-order valence-corrected chi connectivity index (χ0v) is 16.2. The Kier molecular flexibility index (Phi) is 5.08. The number of benzene rings is 1. The molecule has 28 heavy (non-hydrogen) atoms. The van der Waals surface area contributed by atoms with Gasteiger partial charge >= 0.3 is 0 Å². The number of hydrogen-bond acceptors (Lipinski definition) is 5. The molecule has 1 aliphatic heterocycles. The van der Waals surface area contributed by atoms with Crippen LogP contribution < -0.4 is 5.32 Å². The van der Waals surface area contributed by atoms with Crippen molar-refractivity contribution in [3.63, 3.8) is 0 Å². The third-order valence-corrected chi connectivity index (χ3v) is 5.04. The molecule has 7 heteroatoms. The molecule has 0 saturated carbocycles. The van der Waals surface area contributed by atoms with E-state index < -0.39 is 0 Å². The van der Waals surface area contributed by atoms with Crippen molar-refractivity contribution in [1.82, 2.24) is 24.6 Å². The number of aromatic nitrogens is 3. The van der Waals surface area contributed by atoms with Crippen molar-refractivity contribution in [3.8, 4) is 16.9 Å². The first-order valence-corrected chi connectivity index (χ1v) is 9.43. The van der Waals surface area contributed by atoms with Crippen molar-refractivity contribution >= 4 is 11.7 Å². The van der Waals surface area contributed by atoms with Crippen molar-refractivity contribution in [2.45, 2.75) is 0 Å². The summed E-state index contributed by atoms with van der Waals surface area (Å²) in [7, 11) is 3.91. The minimum absolute atomic E-state index is 0.0242. The smallest absolute Gasteiger partial charge is 0.274 e. The maximum absolute atomic E-state index is 13.0. The summed E-state index contributed by atoms with van der Waals surface area (Å²) in [6, 6.07) is 15.7. The maximum atomic E-state index is 13.0. The quantitative estimate of drug-likeness (QED) is 0.757. The lowest BCUT2D eigenvalue weighted by Gasteiger charge is -2.31. The molecule has 0 spiro atoms. The molecule has 4 rings (SSSR count). The molecule has 144 valence electrons. The van der Waals surface area contributed by atoms with E-state index in [0.717, 1.165) is 48.9 Å². The standard InChI is InChI=1S/C21H24N6O/c1-22-20-9-8-17(15-23-20)27-19(16-6-4-3-5-7-16)14-18(24-27)21(28)26-12-10-25(2)11-13-26/h3-9,14-15H,10-13H2,1-2H3,(H,22,23). The van der Waals surface area contributed by atoms with E-state index in [0.29, 0.717) is 5.69 Å². The molecule has 1 amide bonds. The number of carbonyl (C=O) groups excluding carboxylic acids is 1. The van der Waals surface area contributed by atoms with E-state index >= 15 is 0 Å². The first-order chi connectivity index (χ1) is 13.7. The number of piperazine rings is 1. The summed E-state index contributed by atoms with van der Waals surface area (Å²) in [4.78, 5) is 21.5. The van der Waals surface area contributed by atoms with Gasteiger partial charge < -0.3 is 15.1 Å². The molecule has 0 unspecified atom stereocenters. The first-order valence-electron chi connectivity index (χ1n) is 9.43. The number of hydrogen-bond donors (Lipinski definition) is 1. The summed E-state index contributed by atoms with van der Waals surface area (Å²) < 4.78 is 1.80. The van der Waals surface area contributed by atoms with E-state index in [9.17, 15) is 4.79 Å². The van der Waals surface area contributed by atoms with Crippen LogP contribution in [0.3, 0.4) is 0 Å². The Morgan fingerprint density at radius 1 is 1.04 bits per heavy atom. The number of pyridine rings is 1. The fraction of sp³-hybridized carbons (Fsp3) is 0.286. The number of rotatable bonds is 4. The fourth-order valence-electron chi connectivity index (χ4n) is 3.33. The van der Waals surface area contributed by atoms with Crippen LogP contribution in [0.5, 0.6) is 0 Å². The van der Waals surface area contributed by atoms with Crippen molar-refractivity contribution in [3.05, 3.63) is 60.4 Å². The van der Waals surface area contributed by atoms with Crippen LogP contribution in [-0.4, -0.2) is 70.7 Å². The molecule has 0 atom stereocenters. The second-order valence-corrected chi connectivity index (χ2v) is 6.94. The molecule has 1 aromatic carbocycles. The van der Waals surface area contributed by atoms with Crippen LogP contribution in [0, 0.1) is 0 Å². The predicted molar refractivity (Wildman–Crippen MR) is 110 cm³/mol. The highest BCUT2D eigenvalue weighted by Crippen LogP contribution is 2.25. The van der Waals surface area contributed by atoms with Crippen LogP contribution in [0.15, 0.2) is 54.7 Å². The van der Waals surface area contributed by atoms with E-state index in [1.165, 1.54) is 0 Å². The van der Waals surface area contributed by atoms with Gasteiger partial charge in [-0.1, -0.05) is 30.3 Å². The summed E-state index contributed by atoms with van der Waals surface area (Å²) in [5.41, 5.74) is 3.15. The molecule has 1 fully saturated rings. The summed E-state index contributed by atoms with van der Waals surface area (Å²) in [6.45, 7) is 3.21. The third-order valence-electron chi connectivity index (χ3n) is 5.04. The molecule has 1 saturated heterocycles. The number of carbonyl (C=O) groups is 1. The normalized spacial score (nSPS) is 14.9. The topological polar surface area (TPSA) is 66.3 Å². The van der Waals surface area contributed by atoms with Crippen LogP contribution in [0.1, 0.15) is 10.5 Å². The molecular weight excluding hydrogens is 352 g/mol. The van der Waals surface area contributed by atoms with E-state index in [1.54, 1.807) is 10.9 Å². The third kappa shape index (κ3) is 3.61. The first kappa shape index (κ1) is 18.2. The highest BCUT2D eigenvalue weighted by molar-refractivity contribution is 5.93. The lowest BCUT2D eigenvalue weighted by molar-refractivity contribution is 0.0657. The summed E-state index contributed by atoms with van der Waals surface area (Å²) in [5.74, 6) is 0.759. The van der Waals surface area contributed by atoms with Gasteiger partial charge in [-0.3, -0.25) is 4.79 Å².